The molecular formula is C25H20F2N2O3. The van der Waals surface area contributed by atoms with Gasteiger partial charge in [-0.05, 0) is 54.4 Å². The van der Waals surface area contributed by atoms with E-state index in [4.69, 9.17) is 4.84 Å². The van der Waals surface area contributed by atoms with Gasteiger partial charge >= 0.3 is 0 Å². The molecule has 32 heavy (non-hydrogen) atoms. The first-order valence-electron chi connectivity index (χ1n) is 10.0. The molecule has 0 heterocycles. The lowest BCUT2D eigenvalue weighted by Gasteiger charge is -2.26. The van der Waals surface area contributed by atoms with Gasteiger partial charge < -0.3 is 4.84 Å². The Morgan fingerprint density at radius 2 is 1.50 bits per heavy atom. The third-order valence-electron chi connectivity index (χ3n) is 5.20. The van der Waals surface area contributed by atoms with Gasteiger partial charge in [0, 0.05) is 6.04 Å². The molecule has 2 unspecified atom stereocenters. The fourth-order valence-electron chi connectivity index (χ4n) is 3.49. The van der Waals surface area contributed by atoms with Crippen LogP contribution in [0.1, 0.15) is 35.7 Å². The molecule has 0 aliphatic carbocycles. The zero-order chi connectivity index (χ0) is 22.7. The molecule has 4 aromatic carbocycles. The SMILES string of the molecule is CC(NC(c1ccc(F)cc1)c1c(ONc2ccccc2)c(=O)c1=O)c1cccc(F)c1. The summed E-state index contributed by atoms with van der Waals surface area (Å²) in [4.78, 5) is 30.3. The van der Waals surface area contributed by atoms with Crippen LogP contribution in [-0.2, 0) is 0 Å². The highest BCUT2D eigenvalue weighted by molar-refractivity contribution is 5.49. The molecule has 0 saturated carbocycles. The smallest absolute Gasteiger partial charge is 0.271 e. The number of nitrogens with one attached hydrogen (secondary N) is 2. The second-order valence-electron chi connectivity index (χ2n) is 7.40. The first-order chi connectivity index (χ1) is 15.4. The van der Waals surface area contributed by atoms with Crippen LogP contribution in [0.25, 0.3) is 0 Å². The van der Waals surface area contributed by atoms with Crippen LogP contribution in [0.4, 0.5) is 14.5 Å². The molecule has 7 heteroatoms. The van der Waals surface area contributed by atoms with Crippen LogP contribution < -0.4 is 26.5 Å². The van der Waals surface area contributed by atoms with E-state index < -0.39 is 22.7 Å². The summed E-state index contributed by atoms with van der Waals surface area (Å²) in [5, 5.41) is 3.25. The third-order valence-corrected chi connectivity index (χ3v) is 5.20. The minimum atomic E-state index is -0.772. The van der Waals surface area contributed by atoms with Gasteiger partial charge in [0.1, 0.15) is 11.6 Å². The van der Waals surface area contributed by atoms with Crippen molar-refractivity contribution in [2.45, 2.75) is 19.0 Å². The van der Waals surface area contributed by atoms with Gasteiger partial charge in [-0.1, -0.05) is 42.5 Å². The van der Waals surface area contributed by atoms with E-state index in [-0.39, 0.29) is 23.2 Å². The molecule has 0 aromatic heterocycles. The molecular weight excluding hydrogens is 414 g/mol. The second kappa shape index (κ2) is 9.11. The summed E-state index contributed by atoms with van der Waals surface area (Å²) in [6, 6.07) is 19.4. The van der Waals surface area contributed by atoms with Crippen molar-refractivity contribution in [2.75, 3.05) is 5.48 Å². The van der Waals surface area contributed by atoms with Gasteiger partial charge in [0.25, 0.3) is 5.43 Å². The summed E-state index contributed by atoms with van der Waals surface area (Å²) in [6.45, 7) is 1.81. The zero-order valence-corrected chi connectivity index (χ0v) is 17.1. The highest BCUT2D eigenvalue weighted by atomic mass is 19.1. The average molecular weight is 434 g/mol. The van der Waals surface area contributed by atoms with Crippen LogP contribution in [0.5, 0.6) is 5.75 Å². The Labute approximate surface area is 182 Å². The van der Waals surface area contributed by atoms with Crippen molar-refractivity contribution in [1.29, 1.82) is 0 Å². The number of hydrogen-bond donors (Lipinski definition) is 2. The Morgan fingerprint density at radius 3 is 2.19 bits per heavy atom. The maximum atomic E-state index is 13.7. The lowest BCUT2D eigenvalue weighted by molar-refractivity contribution is 0.379. The standard InChI is InChI=1S/C25H20F2N2O3/c1-15(17-6-5-7-19(27)14-17)28-22(16-10-12-18(26)13-11-16)21-23(30)24(31)25(21)32-29-20-8-3-2-4-9-20/h2-15,22,28-29H,1H3. The Hall–Kier alpha value is -3.84. The first-order valence-corrected chi connectivity index (χ1v) is 10.0. The molecule has 0 fully saturated rings. The van der Waals surface area contributed by atoms with Crippen LogP contribution in [0, 0.1) is 11.6 Å². The molecule has 4 rings (SSSR count). The number of anilines is 1. The number of benzene rings is 3. The van der Waals surface area contributed by atoms with Gasteiger partial charge in [0.15, 0.2) is 0 Å². The molecule has 2 atom stereocenters. The third kappa shape index (κ3) is 4.43. The highest BCUT2D eigenvalue weighted by Gasteiger charge is 2.32. The van der Waals surface area contributed by atoms with Gasteiger partial charge in [-0.15, -0.1) is 0 Å². The molecule has 5 nitrogen and oxygen atoms in total. The average Bonchev–Trinajstić information content (AvgIpc) is 2.81. The lowest BCUT2D eigenvalue weighted by Crippen LogP contribution is -2.43. The van der Waals surface area contributed by atoms with E-state index in [1.54, 1.807) is 43.3 Å². The first kappa shape index (κ1) is 21.4. The van der Waals surface area contributed by atoms with E-state index in [0.29, 0.717) is 16.8 Å². The monoisotopic (exact) mass is 434 g/mol. The molecule has 2 N–H and O–H groups in total. The number of hydrogen-bond acceptors (Lipinski definition) is 5. The molecule has 4 aromatic rings. The van der Waals surface area contributed by atoms with Crippen molar-refractivity contribution in [3.05, 3.63) is 128 Å². The summed E-state index contributed by atoms with van der Waals surface area (Å²) >= 11 is 0. The van der Waals surface area contributed by atoms with Gasteiger partial charge in [-0.2, -0.15) is 0 Å². The van der Waals surface area contributed by atoms with Crippen LogP contribution in [-0.4, -0.2) is 0 Å². The molecule has 0 saturated heterocycles. The van der Waals surface area contributed by atoms with E-state index in [2.05, 4.69) is 10.8 Å². The minimum absolute atomic E-state index is 0.118. The summed E-state index contributed by atoms with van der Waals surface area (Å²) in [7, 11) is 0. The summed E-state index contributed by atoms with van der Waals surface area (Å²) in [6.07, 6.45) is 0. The molecule has 0 spiro atoms. The van der Waals surface area contributed by atoms with E-state index in [1.807, 2.05) is 6.07 Å². The molecule has 0 aliphatic heterocycles. The Balaban J connectivity index is 1.67. The fraction of sp³-hybridized carbons (Fsp3) is 0.120. The maximum absolute atomic E-state index is 13.7. The van der Waals surface area contributed by atoms with Gasteiger partial charge in [0.2, 0.25) is 11.2 Å². The van der Waals surface area contributed by atoms with E-state index in [9.17, 15) is 18.4 Å². The van der Waals surface area contributed by atoms with Crippen molar-refractivity contribution in [3.8, 4) is 5.75 Å². The summed E-state index contributed by atoms with van der Waals surface area (Å²) in [5.41, 5.74) is 3.16. The quantitative estimate of drug-likeness (QED) is 0.318. The maximum Gasteiger partial charge on any atom is 0.271 e. The van der Waals surface area contributed by atoms with Crippen LogP contribution in [0.3, 0.4) is 0 Å². The predicted molar refractivity (Wildman–Crippen MR) is 118 cm³/mol. The van der Waals surface area contributed by atoms with Crippen LogP contribution in [0.2, 0.25) is 0 Å². The van der Waals surface area contributed by atoms with Crippen molar-refractivity contribution < 1.29 is 13.6 Å². The normalized spacial score (nSPS) is 13.0. The van der Waals surface area contributed by atoms with Crippen molar-refractivity contribution in [1.82, 2.24) is 5.32 Å². The predicted octanol–water partition coefficient (Wildman–Crippen LogP) is 4.41. The zero-order valence-electron chi connectivity index (χ0n) is 17.1. The topological polar surface area (TPSA) is 67.4 Å². The highest BCUT2D eigenvalue weighted by Crippen LogP contribution is 2.30. The molecule has 0 amide bonds. The number of para-hydroxylation sites is 1. The minimum Gasteiger partial charge on any atom is -0.377 e. The Morgan fingerprint density at radius 1 is 0.781 bits per heavy atom. The van der Waals surface area contributed by atoms with Crippen molar-refractivity contribution in [3.63, 3.8) is 0 Å². The van der Waals surface area contributed by atoms with Crippen molar-refractivity contribution in [2.24, 2.45) is 0 Å². The van der Waals surface area contributed by atoms with Crippen molar-refractivity contribution >= 4 is 5.69 Å². The summed E-state index contributed by atoms with van der Waals surface area (Å²) < 4.78 is 27.2. The molecule has 0 bridgehead atoms. The second-order valence-corrected chi connectivity index (χ2v) is 7.40. The molecule has 0 radical (unpaired) electrons. The number of rotatable bonds is 8. The fourth-order valence-corrected chi connectivity index (χ4v) is 3.49. The summed E-state index contributed by atoms with van der Waals surface area (Å²) in [5.74, 6) is -0.940. The van der Waals surface area contributed by atoms with Crippen LogP contribution >= 0.6 is 0 Å². The van der Waals surface area contributed by atoms with E-state index in [1.165, 1.54) is 36.4 Å². The van der Waals surface area contributed by atoms with Gasteiger partial charge in [0.05, 0.1) is 17.3 Å². The van der Waals surface area contributed by atoms with E-state index >= 15 is 0 Å². The molecule has 162 valence electrons. The Bertz CT molecular complexity index is 1280. The largest absolute Gasteiger partial charge is 0.377 e. The van der Waals surface area contributed by atoms with Gasteiger partial charge in [-0.3, -0.25) is 14.9 Å². The molecule has 0 aliphatic rings. The Kier molecular flexibility index (Phi) is 6.09. The van der Waals surface area contributed by atoms with E-state index in [0.717, 1.165) is 0 Å². The van der Waals surface area contributed by atoms with Gasteiger partial charge in [-0.25, -0.2) is 14.3 Å². The number of halogens is 2. The van der Waals surface area contributed by atoms with Crippen LogP contribution in [0.15, 0.2) is 88.5 Å². The lowest BCUT2D eigenvalue weighted by atomic mass is 9.92.